The molecule has 0 fully saturated rings. The first-order valence-corrected chi connectivity index (χ1v) is 5.08. The first-order chi connectivity index (χ1) is 6.65. The number of fused-ring (bicyclic) bond motifs is 1. The van der Waals surface area contributed by atoms with Crippen molar-refractivity contribution in [3.63, 3.8) is 0 Å². The summed E-state index contributed by atoms with van der Waals surface area (Å²) in [4.78, 5) is 0. The predicted octanol–water partition coefficient (Wildman–Crippen LogP) is 1.91. The Morgan fingerprint density at radius 1 is 1.57 bits per heavy atom. The van der Waals surface area contributed by atoms with Gasteiger partial charge in [-0.05, 0) is 18.2 Å². The molecule has 0 saturated carbocycles. The number of nitrogens with zero attached hydrogens (tertiary/aromatic N) is 1. The molecule has 1 aliphatic heterocycles. The number of rotatable bonds is 0. The van der Waals surface area contributed by atoms with Crippen LogP contribution in [-0.4, -0.2) is 6.61 Å². The lowest BCUT2D eigenvalue weighted by Crippen LogP contribution is -2.39. The maximum Gasteiger partial charge on any atom is 0.136 e. The van der Waals surface area contributed by atoms with E-state index < -0.39 is 5.54 Å². The molecule has 72 valence electrons. The van der Waals surface area contributed by atoms with Crippen LogP contribution in [0.3, 0.4) is 0 Å². The predicted molar refractivity (Wildman–Crippen MR) is 55.7 cm³/mol. The lowest BCUT2D eigenvalue weighted by molar-refractivity contribution is 0.245. The fraction of sp³-hybridized carbons (Fsp3) is 0.300. The van der Waals surface area contributed by atoms with Crippen LogP contribution in [0, 0.1) is 11.3 Å². The van der Waals surface area contributed by atoms with Crippen LogP contribution in [-0.2, 0) is 5.54 Å². The molecule has 0 aromatic heterocycles. The number of nitriles is 1. The molecular formula is C10H9BrN2O. The van der Waals surface area contributed by atoms with Crippen molar-refractivity contribution >= 4 is 15.9 Å². The number of nitrogens with two attached hydrogens (primary N) is 1. The fourth-order valence-corrected chi connectivity index (χ4v) is 1.91. The van der Waals surface area contributed by atoms with E-state index in [1.807, 2.05) is 18.2 Å². The van der Waals surface area contributed by atoms with E-state index >= 15 is 0 Å². The van der Waals surface area contributed by atoms with Crippen LogP contribution in [0.2, 0.25) is 0 Å². The van der Waals surface area contributed by atoms with Crippen molar-refractivity contribution in [3.05, 3.63) is 28.2 Å². The van der Waals surface area contributed by atoms with Crippen LogP contribution >= 0.6 is 15.9 Å². The van der Waals surface area contributed by atoms with Gasteiger partial charge in [0.25, 0.3) is 0 Å². The molecule has 1 aliphatic rings. The summed E-state index contributed by atoms with van der Waals surface area (Å²) in [5, 5.41) is 9.04. The minimum absolute atomic E-state index is 0.499. The second-order valence-electron chi connectivity index (χ2n) is 3.32. The third-order valence-corrected chi connectivity index (χ3v) is 2.87. The van der Waals surface area contributed by atoms with Gasteiger partial charge in [0.1, 0.15) is 11.3 Å². The third kappa shape index (κ3) is 1.39. The number of ether oxygens (including phenoxy) is 1. The summed E-state index contributed by atoms with van der Waals surface area (Å²) in [6.07, 6.45) is 0.535. The highest BCUT2D eigenvalue weighted by atomic mass is 79.9. The fourth-order valence-electron chi connectivity index (χ4n) is 1.55. The normalized spacial score (nSPS) is 24.6. The molecule has 0 aliphatic carbocycles. The molecule has 3 nitrogen and oxygen atoms in total. The van der Waals surface area contributed by atoms with Crippen LogP contribution in [0.4, 0.5) is 0 Å². The summed E-state index contributed by atoms with van der Waals surface area (Å²) >= 11 is 3.35. The summed E-state index contributed by atoms with van der Waals surface area (Å²) in [5.41, 5.74) is 5.84. The molecular weight excluding hydrogens is 244 g/mol. The first-order valence-electron chi connectivity index (χ1n) is 4.29. The van der Waals surface area contributed by atoms with E-state index in [9.17, 15) is 0 Å². The summed E-state index contributed by atoms with van der Waals surface area (Å²) in [6, 6.07) is 7.69. The minimum Gasteiger partial charge on any atom is -0.493 e. The van der Waals surface area contributed by atoms with Crippen molar-refractivity contribution in [2.24, 2.45) is 5.73 Å². The molecule has 2 rings (SSSR count). The van der Waals surface area contributed by atoms with E-state index in [0.717, 1.165) is 10.0 Å². The number of hydrogen-bond acceptors (Lipinski definition) is 3. The summed E-state index contributed by atoms with van der Waals surface area (Å²) < 4.78 is 6.33. The largest absolute Gasteiger partial charge is 0.493 e. The zero-order valence-corrected chi connectivity index (χ0v) is 9.04. The summed E-state index contributed by atoms with van der Waals surface area (Å²) in [7, 11) is 0. The Kier molecular flexibility index (Phi) is 2.22. The van der Waals surface area contributed by atoms with Gasteiger partial charge in [0, 0.05) is 16.5 Å². The summed E-state index contributed by atoms with van der Waals surface area (Å²) in [6.45, 7) is 0.499. The van der Waals surface area contributed by atoms with Crippen LogP contribution < -0.4 is 10.5 Å². The standard InChI is InChI=1S/C10H9BrN2O/c11-7-1-2-9-8(5-7)10(13,6-12)3-4-14-9/h1-2,5H,3-4,13H2. The highest BCUT2D eigenvalue weighted by Crippen LogP contribution is 2.36. The van der Waals surface area contributed by atoms with Crippen LogP contribution in [0.15, 0.2) is 22.7 Å². The van der Waals surface area contributed by atoms with E-state index in [0.29, 0.717) is 18.8 Å². The molecule has 1 unspecified atom stereocenters. The van der Waals surface area contributed by atoms with Gasteiger partial charge in [0.2, 0.25) is 0 Å². The molecule has 0 saturated heterocycles. The molecule has 0 spiro atoms. The number of hydrogen-bond donors (Lipinski definition) is 1. The molecule has 1 heterocycles. The average molecular weight is 253 g/mol. The molecule has 14 heavy (non-hydrogen) atoms. The van der Waals surface area contributed by atoms with E-state index in [1.54, 1.807) is 0 Å². The first kappa shape index (κ1) is 9.50. The molecule has 1 aromatic carbocycles. The lowest BCUT2D eigenvalue weighted by Gasteiger charge is -2.29. The molecule has 4 heteroatoms. The van der Waals surface area contributed by atoms with Crippen molar-refractivity contribution < 1.29 is 4.74 Å². The SMILES string of the molecule is N#CC1(N)CCOc2ccc(Br)cc21. The van der Waals surface area contributed by atoms with Crippen LogP contribution in [0.1, 0.15) is 12.0 Å². The topological polar surface area (TPSA) is 59.0 Å². The van der Waals surface area contributed by atoms with Crippen molar-refractivity contribution in [3.8, 4) is 11.8 Å². The molecule has 1 aromatic rings. The maximum absolute atomic E-state index is 9.04. The minimum atomic E-state index is -0.905. The molecule has 0 radical (unpaired) electrons. The Bertz CT molecular complexity index is 413. The Morgan fingerprint density at radius 3 is 3.07 bits per heavy atom. The van der Waals surface area contributed by atoms with Crippen molar-refractivity contribution in [1.82, 2.24) is 0 Å². The van der Waals surface area contributed by atoms with Gasteiger partial charge in [0.05, 0.1) is 12.7 Å². The highest BCUT2D eigenvalue weighted by Gasteiger charge is 2.34. The van der Waals surface area contributed by atoms with Crippen molar-refractivity contribution in [2.45, 2.75) is 12.0 Å². The van der Waals surface area contributed by atoms with E-state index in [4.69, 9.17) is 15.7 Å². The van der Waals surface area contributed by atoms with E-state index in [1.165, 1.54) is 0 Å². The zero-order chi connectivity index (χ0) is 10.2. The van der Waals surface area contributed by atoms with Gasteiger partial charge in [-0.1, -0.05) is 15.9 Å². The Morgan fingerprint density at radius 2 is 2.36 bits per heavy atom. The molecule has 0 bridgehead atoms. The van der Waals surface area contributed by atoms with E-state index in [-0.39, 0.29) is 0 Å². The number of halogens is 1. The quantitative estimate of drug-likeness (QED) is 0.768. The smallest absolute Gasteiger partial charge is 0.136 e. The monoisotopic (exact) mass is 252 g/mol. The van der Waals surface area contributed by atoms with E-state index in [2.05, 4.69) is 22.0 Å². The van der Waals surface area contributed by atoms with Gasteiger partial charge in [-0.2, -0.15) is 5.26 Å². The van der Waals surface area contributed by atoms with Gasteiger partial charge in [-0.15, -0.1) is 0 Å². The third-order valence-electron chi connectivity index (χ3n) is 2.38. The van der Waals surface area contributed by atoms with Gasteiger partial charge < -0.3 is 10.5 Å². The van der Waals surface area contributed by atoms with Crippen molar-refractivity contribution in [1.29, 1.82) is 5.26 Å². The van der Waals surface area contributed by atoms with Gasteiger partial charge in [-0.3, -0.25) is 0 Å². The van der Waals surface area contributed by atoms with Gasteiger partial charge in [0.15, 0.2) is 0 Å². The average Bonchev–Trinajstić information content (AvgIpc) is 2.20. The highest BCUT2D eigenvalue weighted by molar-refractivity contribution is 9.10. The van der Waals surface area contributed by atoms with Crippen LogP contribution in [0.5, 0.6) is 5.75 Å². The van der Waals surface area contributed by atoms with Gasteiger partial charge >= 0.3 is 0 Å². The summed E-state index contributed by atoms with van der Waals surface area (Å²) in [5.74, 6) is 0.712. The number of benzene rings is 1. The Labute approximate surface area is 90.6 Å². The second kappa shape index (κ2) is 3.26. The zero-order valence-electron chi connectivity index (χ0n) is 7.46. The Hall–Kier alpha value is -1.05. The van der Waals surface area contributed by atoms with Gasteiger partial charge in [-0.25, -0.2) is 0 Å². The lowest BCUT2D eigenvalue weighted by atomic mass is 9.87. The Balaban J connectivity index is 2.59. The van der Waals surface area contributed by atoms with Crippen molar-refractivity contribution in [2.75, 3.05) is 6.61 Å². The second-order valence-corrected chi connectivity index (χ2v) is 4.24. The molecule has 0 amide bonds. The maximum atomic E-state index is 9.04. The molecule has 1 atom stereocenters. The molecule has 2 N–H and O–H groups in total. The van der Waals surface area contributed by atoms with Crippen LogP contribution in [0.25, 0.3) is 0 Å².